The monoisotopic (exact) mass is 1960 g/mol. The van der Waals surface area contributed by atoms with Crippen LogP contribution in [0.5, 0.6) is 57.5 Å². The van der Waals surface area contributed by atoms with E-state index < -0.39 is 320 Å². The number of aliphatic hydroxyl groups excluding tert-OH is 9. The van der Waals surface area contributed by atoms with Crippen LogP contribution < -0.4 is 72.5 Å². The van der Waals surface area contributed by atoms with Crippen LogP contribution in [-0.4, -0.2) is 254 Å². The summed E-state index contributed by atoms with van der Waals surface area (Å²) >= 11 is 14.9. The Balaban J connectivity index is 0.996. The number of amides is 9. The molecule has 3 fully saturated rings. The van der Waals surface area contributed by atoms with Gasteiger partial charge in [0.25, 0.3) is 5.91 Å². The van der Waals surface area contributed by atoms with E-state index in [-0.39, 0.29) is 46.4 Å². The Labute approximate surface area is 795 Å². The van der Waals surface area contributed by atoms with Crippen molar-refractivity contribution in [3.63, 3.8) is 0 Å². The second-order valence-corrected chi connectivity index (χ2v) is 36.1. The molecule has 1 aliphatic carbocycles. The Kier molecular flexibility index (Phi) is 30.4. The highest BCUT2D eigenvalue weighted by Gasteiger charge is 2.56. The number of carbonyl (C=O) groups is 10. The van der Waals surface area contributed by atoms with Crippen molar-refractivity contribution >= 4 is 82.3 Å². The van der Waals surface area contributed by atoms with Crippen LogP contribution in [0.4, 0.5) is 0 Å². The van der Waals surface area contributed by atoms with E-state index in [0.717, 1.165) is 111 Å². The smallest absolute Gasteiger partial charge is 0.330 e. The molecule has 45 heteroatoms. The van der Waals surface area contributed by atoms with Crippen molar-refractivity contribution < 1.29 is 162 Å². The summed E-state index contributed by atoms with van der Waals surface area (Å²) in [5.74, 6) is -21.6. The molecule has 3 saturated heterocycles. The fourth-order valence-electron chi connectivity index (χ4n) is 17.8. The first-order chi connectivity index (χ1) is 65.7. The van der Waals surface area contributed by atoms with E-state index >= 15 is 24.0 Å². The van der Waals surface area contributed by atoms with Gasteiger partial charge < -0.3 is 168 Å². The average Bonchev–Trinajstić information content (AvgIpc) is 1.55. The molecule has 7 aromatic rings. The van der Waals surface area contributed by atoms with Crippen LogP contribution in [0.25, 0.3) is 11.1 Å². The molecule has 24 atom stereocenters. The minimum atomic E-state index is -3.19. The highest BCUT2D eigenvalue weighted by molar-refractivity contribution is 6.32. The van der Waals surface area contributed by atoms with Crippen LogP contribution in [0.15, 0.2) is 115 Å². The summed E-state index contributed by atoms with van der Waals surface area (Å²) in [5, 5.41) is 185. The number of aromatic hydroxyl groups is 3. The number of ether oxygens (including phenoxy) is 9. The summed E-state index contributed by atoms with van der Waals surface area (Å²) in [5.41, 5.74) is 2.31. The third kappa shape index (κ3) is 20.9. The van der Waals surface area contributed by atoms with E-state index in [9.17, 15) is 95.5 Å². The zero-order chi connectivity index (χ0) is 99.1. The van der Waals surface area contributed by atoms with Gasteiger partial charge >= 0.3 is 5.97 Å². The van der Waals surface area contributed by atoms with Gasteiger partial charge in [0, 0.05) is 43.5 Å². The number of phenolic OH excluding ortho intramolecular Hbond substituents is 3. The lowest BCUT2D eigenvalue weighted by Gasteiger charge is -2.44. The van der Waals surface area contributed by atoms with Crippen LogP contribution in [0.3, 0.4) is 0 Å². The maximum absolute atomic E-state index is 17.2. The summed E-state index contributed by atoms with van der Waals surface area (Å²) in [7, 11) is 0. The van der Waals surface area contributed by atoms with Gasteiger partial charge in [0.2, 0.25) is 65.1 Å². The predicted molar refractivity (Wildman–Crippen MR) is 476 cm³/mol. The van der Waals surface area contributed by atoms with Gasteiger partial charge in [-0.1, -0.05) is 106 Å². The SMILES string of the molecule is CCCCNC(=O)[C@H]1O[C@@H](Oc2c3cc4cc2Oc2ccc(cc2Cl)[C@@H](O[C@@H]2O[C@H](CO)[C@@H](O)[C@H](O)[C@H]2NC(C)=O)[C@@H]2NC(=O)[C@H](NC(=O)[C@@H]4NC(=O)[C@H]4NC(=O)[C@@H](Cc5ccc(c(Cl)c5)O3)NC(=O)[C@H](N)c3ccc(O)c(c3)Oc3cc(O)cc4c3)c3ccc4c(c3)-c3c(cc(O)cc3C4(O)O[C@H]3O[C@H](CO)[C@@H](O)[C@H](O)[C@@H]3O)[C@@H](C(=O)O)NC2=O)[C@H](NC(=O)CCCCCCC(C)C)[C@@H](O)[C@@H]1O. The molecule has 138 heavy (non-hydrogen) atoms. The van der Waals surface area contributed by atoms with Crippen molar-refractivity contribution in [2.24, 2.45) is 11.7 Å². The number of carbonyl (C=O) groups excluding carboxylic acids is 9. The molecule has 7 aromatic carbocycles. The van der Waals surface area contributed by atoms with Crippen molar-refractivity contribution in [3.05, 3.63) is 175 Å². The number of aliphatic carboxylic acids is 1. The fraction of sp³-hybridized carbons (Fsp3) is 0.441. The van der Waals surface area contributed by atoms with Gasteiger partial charge in [-0.25, -0.2) is 4.79 Å². The molecule has 17 bridgehead atoms. The zero-order valence-corrected chi connectivity index (χ0v) is 75.7. The highest BCUT2D eigenvalue weighted by Crippen LogP contribution is 2.55. The molecule has 0 aromatic heterocycles. The topological polar surface area (TPSA) is 671 Å². The van der Waals surface area contributed by atoms with Gasteiger partial charge in [-0.2, -0.15) is 0 Å². The molecule has 9 aliphatic heterocycles. The molecule has 25 N–H and O–H groups in total. The molecule has 17 rings (SSSR count). The van der Waals surface area contributed by atoms with Crippen LogP contribution in [0, 0.1) is 5.92 Å². The van der Waals surface area contributed by atoms with Crippen LogP contribution in [-0.2, 0) is 83.8 Å². The van der Waals surface area contributed by atoms with Crippen molar-refractivity contribution in [1.29, 1.82) is 0 Å². The van der Waals surface area contributed by atoms with Crippen molar-refractivity contribution in [3.8, 4) is 68.6 Å². The Morgan fingerprint density at radius 1 is 0.551 bits per heavy atom. The lowest BCUT2D eigenvalue weighted by Crippen LogP contribution is -2.67. The summed E-state index contributed by atoms with van der Waals surface area (Å²) in [6, 6.07) is 1.19. The second kappa shape index (κ2) is 41.8. The number of hydrogen-bond donors (Lipinski definition) is 24. The zero-order valence-electron chi connectivity index (χ0n) is 74.2. The molecule has 9 amide bonds. The van der Waals surface area contributed by atoms with Gasteiger partial charge in [-0.15, -0.1) is 0 Å². The highest BCUT2D eigenvalue weighted by atomic mass is 35.5. The third-order valence-electron chi connectivity index (χ3n) is 25.0. The number of nitrogens with two attached hydrogens (primary N) is 1. The average molecular weight is 1960 g/mol. The van der Waals surface area contributed by atoms with Gasteiger partial charge in [-0.05, 0) is 148 Å². The Morgan fingerprint density at radius 3 is 1.81 bits per heavy atom. The van der Waals surface area contributed by atoms with E-state index in [1.54, 1.807) is 0 Å². The van der Waals surface area contributed by atoms with Gasteiger partial charge in [0.1, 0.15) is 138 Å². The second-order valence-electron chi connectivity index (χ2n) is 35.2. The molecular formula is C93H104Cl2N10O33. The fourth-order valence-corrected chi connectivity index (χ4v) is 18.3. The lowest BCUT2D eigenvalue weighted by molar-refractivity contribution is -0.355. The third-order valence-corrected chi connectivity index (χ3v) is 25.6. The number of carboxylic acids is 1. The van der Waals surface area contributed by atoms with Crippen molar-refractivity contribution in [2.45, 2.75) is 232 Å². The van der Waals surface area contributed by atoms with Crippen LogP contribution in [0.2, 0.25) is 10.0 Å². The van der Waals surface area contributed by atoms with Crippen molar-refractivity contribution in [2.75, 3.05) is 19.8 Å². The lowest BCUT2D eigenvalue weighted by atomic mass is 9.90. The van der Waals surface area contributed by atoms with E-state index in [0.29, 0.717) is 31.6 Å². The first-order valence-corrected chi connectivity index (χ1v) is 45.3. The van der Waals surface area contributed by atoms with Crippen molar-refractivity contribution in [1.82, 2.24) is 47.9 Å². The summed E-state index contributed by atoms with van der Waals surface area (Å²) in [6.07, 6.45) is -25.9. The maximum Gasteiger partial charge on any atom is 0.330 e. The number of carboxylic acid groups (broad SMARTS) is 1. The molecule has 9 heterocycles. The standard InChI is InChI=1S/C93H104Cl2N10O33/c1-5-6-21-97-88(126)81-77(118)75(116)70(100-62(112)12-10-8-7-9-11-36(2)3)91(137-81)136-80-58-29-43-30-59(80)132-56-20-16-41(27-52(56)95)79(135-90-69(98-37(4)108)74(115)72(113)60(34-106)133-90)71-87(125)104-68(89(127)128)48-32-45(110)33-50-63(48)47-26-40(14-17-49(47)93(50,129)138-92-78(119)76(117)73(114)61(35-107)134-92)65(84(122)105-71)102-86(124)67(43)103-85(123)66-42-24-44(109)31-46(25-42)130-57-28-39(15-18-54(57)111)64(96)83(121)99-53(82(120)101-66)23-38-13-19-55(131-58)51(94)22-38/h13-20,22,24-33,36,53,60-61,64-79,81,90-92,106-107,109-111,113-119,129H,5-12,21,23,34-35,96H2,1-4H3,(H,97,126)(H,98,108)(H,99,121)(H,100,112)(H,101,120)(H,102,124)(H,103,123)(H,104,125)(H,105,122)(H,127,128)/t53-,60-,61-,64-,65-,66+,67-,68+,69-,70-,71+,72-,73-,74-,75-,76+,77+,78+,79-,81+,90+,91-,92-,93?/m1/s1. The van der Waals surface area contributed by atoms with E-state index in [1.807, 2.05) is 6.92 Å². The van der Waals surface area contributed by atoms with E-state index in [4.69, 9.17) is 71.6 Å². The molecule has 0 spiro atoms. The molecule has 1 unspecified atom stereocenters. The number of hydrogen-bond acceptors (Lipinski definition) is 33. The number of rotatable bonds is 22. The first kappa shape index (κ1) is 100. The number of phenols is 3. The van der Waals surface area contributed by atoms with Gasteiger partial charge in [0.05, 0.1) is 23.3 Å². The normalized spacial score (nSPS) is 29.4. The molecule has 43 nitrogen and oxygen atoms in total. The number of nitrogens with one attached hydrogen (secondary N) is 9. The predicted octanol–water partition coefficient (Wildman–Crippen LogP) is 1.38. The largest absolute Gasteiger partial charge is 0.508 e. The Hall–Kier alpha value is -12.2. The van der Waals surface area contributed by atoms with Crippen LogP contribution >= 0.6 is 23.2 Å². The summed E-state index contributed by atoms with van der Waals surface area (Å²) in [6.45, 7) is 4.84. The molecule has 10 aliphatic rings. The number of halogens is 2. The van der Waals surface area contributed by atoms with Gasteiger partial charge in [0.15, 0.2) is 47.7 Å². The maximum atomic E-state index is 17.2. The van der Waals surface area contributed by atoms with E-state index in [2.05, 4.69) is 61.7 Å². The first-order valence-electron chi connectivity index (χ1n) is 44.5. The summed E-state index contributed by atoms with van der Waals surface area (Å²) in [4.78, 5) is 154. The number of benzene rings is 7. The number of fused-ring (bicyclic) bond motifs is 11. The quantitative estimate of drug-likeness (QED) is 0.0337. The minimum Gasteiger partial charge on any atom is -0.508 e. The summed E-state index contributed by atoms with van der Waals surface area (Å²) < 4.78 is 58.1. The van der Waals surface area contributed by atoms with Crippen LogP contribution in [0.1, 0.15) is 165 Å². The van der Waals surface area contributed by atoms with E-state index in [1.165, 1.54) is 30.3 Å². The molecular weight excluding hydrogens is 1860 g/mol. The molecule has 0 saturated carbocycles. The Bertz CT molecular complexity index is 5860. The minimum absolute atomic E-state index is 0.0229. The number of aliphatic hydroxyl groups is 10. The number of unbranched alkanes of at least 4 members (excludes halogenated alkanes) is 4. The molecule has 0 radical (unpaired) electrons. The molecule has 738 valence electrons. The van der Waals surface area contributed by atoms with Gasteiger partial charge in [-0.3, -0.25) is 43.2 Å². The Morgan fingerprint density at radius 2 is 1.15 bits per heavy atom.